The molecule has 2 aromatic carbocycles. The number of hydrogen-bond donors (Lipinski definition) is 4. The van der Waals surface area contributed by atoms with Gasteiger partial charge < -0.3 is 26.0 Å². The van der Waals surface area contributed by atoms with E-state index in [-0.39, 0.29) is 17.9 Å². The van der Waals surface area contributed by atoms with E-state index in [1.807, 2.05) is 47.4 Å². The molecule has 0 bridgehead atoms. The van der Waals surface area contributed by atoms with Crippen LogP contribution in [0.2, 0.25) is 0 Å². The molecular weight excluding hydrogens is 420 g/mol. The van der Waals surface area contributed by atoms with Crippen LogP contribution in [0.3, 0.4) is 0 Å². The van der Waals surface area contributed by atoms with Gasteiger partial charge in [-0.15, -0.1) is 0 Å². The minimum Gasteiger partial charge on any atom is -0.454 e. The summed E-state index contributed by atoms with van der Waals surface area (Å²) in [5.41, 5.74) is 9.19. The third-order valence-corrected chi connectivity index (χ3v) is 6.11. The number of nitrogen functional groups attached to an aromatic ring is 1. The number of rotatable bonds is 3. The summed E-state index contributed by atoms with van der Waals surface area (Å²) in [6.45, 7) is 0.730. The predicted molar refractivity (Wildman–Crippen MR) is 126 cm³/mol. The average Bonchev–Trinajstić information content (AvgIpc) is 3.43. The van der Waals surface area contributed by atoms with Gasteiger partial charge in [0.05, 0.1) is 22.3 Å². The van der Waals surface area contributed by atoms with Crippen molar-refractivity contribution in [1.29, 1.82) is 0 Å². The number of anilines is 4. The maximum atomic E-state index is 12.3. The highest BCUT2D eigenvalue weighted by Gasteiger charge is 2.31. The Morgan fingerprint density at radius 1 is 1.21 bits per heavy atom. The number of carbonyl (C=O) groups excluding carboxylic acids is 1. The predicted octanol–water partition coefficient (Wildman–Crippen LogP) is 3.17. The number of aromatic nitrogens is 4. The standard InChI is InChI=1S/C23H22N8O2/c1-25-22(32)16-6-4-8-31(16)19-11-14(27-23(24)28-19)12-9-15-20-18(10-12)33-17-7-3-2-5-13(17)26-21(20)30-29-15/h2-3,5,7,9-11,16H,4,6,8H2,1H3,(H,25,32)(H2,24,27,28)(H2,26,29,30)/t16-/m0/s1. The topological polar surface area (TPSA) is 134 Å². The lowest BCUT2D eigenvalue weighted by molar-refractivity contribution is -0.121. The van der Waals surface area contributed by atoms with Gasteiger partial charge in [0.2, 0.25) is 11.9 Å². The van der Waals surface area contributed by atoms with Crippen LogP contribution in [-0.4, -0.2) is 45.7 Å². The van der Waals surface area contributed by atoms with E-state index in [1.165, 1.54) is 0 Å². The number of amides is 1. The molecule has 2 aliphatic rings. The van der Waals surface area contributed by atoms with Crippen LogP contribution in [0, 0.1) is 0 Å². The second kappa shape index (κ2) is 7.37. The van der Waals surface area contributed by atoms with Crippen LogP contribution >= 0.6 is 0 Å². The van der Waals surface area contributed by atoms with Crippen LogP contribution in [0.5, 0.6) is 11.5 Å². The number of nitrogens with two attached hydrogens (primary N) is 1. The van der Waals surface area contributed by atoms with Crippen molar-refractivity contribution in [3.63, 3.8) is 0 Å². The lowest BCUT2D eigenvalue weighted by Crippen LogP contribution is -2.42. The molecule has 4 aromatic rings. The van der Waals surface area contributed by atoms with Gasteiger partial charge in [-0.3, -0.25) is 9.89 Å². The zero-order valence-corrected chi connectivity index (χ0v) is 17.9. The van der Waals surface area contributed by atoms with Crippen molar-refractivity contribution in [3.8, 4) is 22.8 Å². The lowest BCUT2D eigenvalue weighted by Gasteiger charge is -2.24. The van der Waals surface area contributed by atoms with Crippen molar-refractivity contribution in [3.05, 3.63) is 42.5 Å². The molecule has 0 unspecified atom stereocenters. The van der Waals surface area contributed by atoms with Crippen LogP contribution in [0.1, 0.15) is 12.8 Å². The quantitative estimate of drug-likeness (QED) is 0.335. The van der Waals surface area contributed by atoms with Gasteiger partial charge in [0, 0.05) is 25.2 Å². The number of hydrogen-bond acceptors (Lipinski definition) is 8. The maximum absolute atomic E-state index is 12.3. The van der Waals surface area contributed by atoms with Crippen LogP contribution in [0.15, 0.2) is 42.5 Å². The average molecular weight is 442 g/mol. The number of nitrogens with zero attached hydrogens (tertiary/aromatic N) is 4. The highest BCUT2D eigenvalue weighted by molar-refractivity contribution is 6.00. The fraction of sp³-hybridized carbons (Fsp3) is 0.217. The van der Waals surface area contributed by atoms with Crippen LogP contribution in [-0.2, 0) is 4.79 Å². The maximum Gasteiger partial charge on any atom is 0.242 e. The molecule has 5 N–H and O–H groups in total. The number of para-hydroxylation sites is 2. The first-order valence-electron chi connectivity index (χ1n) is 10.8. The van der Waals surface area contributed by atoms with Crippen LogP contribution in [0.25, 0.3) is 22.2 Å². The number of H-pyrrole nitrogens is 1. The third-order valence-electron chi connectivity index (χ3n) is 6.11. The number of likely N-dealkylation sites (N-methyl/N-ethyl adjacent to an activating group) is 1. The number of aromatic amines is 1. The first kappa shape index (κ1) is 19.4. The normalized spacial score (nSPS) is 16.6. The number of benzene rings is 2. The molecule has 4 heterocycles. The van der Waals surface area contributed by atoms with Gasteiger partial charge >= 0.3 is 0 Å². The van der Waals surface area contributed by atoms with E-state index in [2.05, 4.69) is 30.8 Å². The molecule has 1 fully saturated rings. The Labute approximate surface area is 189 Å². The smallest absolute Gasteiger partial charge is 0.242 e. The highest BCUT2D eigenvalue weighted by Crippen LogP contribution is 2.44. The molecule has 1 amide bonds. The van der Waals surface area contributed by atoms with Crippen molar-refractivity contribution >= 4 is 40.1 Å². The molecule has 2 aromatic heterocycles. The molecular formula is C23H22N8O2. The summed E-state index contributed by atoms with van der Waals surface area (Å²) in [6, 6.07) is 13.2. The van der Waals surface area contributed by atoms with Crippen molar-refractivity contribution < 1.29 is 9.53 Å². The third kappa shape index (κ3) is 3.18. The number of carbonyl (C=O) groups is 1. The van der Waals surface area contributed by atoms with Crippen LogP contribution < -0.4 is 26.0 Å². The van der Waals surface area contributed by atoms with Gasteiger partial charge in [-0.05, 0) is 37.1 Å². The van der Waals surface area contributed by atoms with Gasteiger partial charge in [-0.25, -0.2) is 4.98 Å². The minimum absolute atomic E-state index is 0.0297. The summed E-state index contributed by atoms with van der Waals surface area (Å²) < 4.78 is 6.26. The van der Waals surface area contributed by atoms with E-state index >= 15 is 0 Å². The first-order valence-corrected chi connectivity index (χ1v) is 10.8. The Bertz CT molecular complexity index is 1400. The summed E-state index contributed by atoms with van der Waals surface area (Å²) in [6.07, 6.45) is 1.68. The van der Waals surface area contributed by atoms with Crippen molar-refractivity contribution in [1.82, 2.24) is 25.5 Å². The number of nitrogens with one attached hydrogen (secondary N) is 3. The summed E-state index contributed by atoms with van der Waals surface area (Å²) >= 11 is 0. The molecule has 2 aliphatic heterocycles. The van der Waals surface area contributed by atoms with Crippen LogP contribution in [0.4, 0.5) is 23.3 Å². The van der Waals surface area contributed by atoms with E-state index in [0.29, 0.717) is 28.8 Å². The van der Waals surface area contributed by atoms with Gasteiger partial charge in [0.1, 0.15) is 17.6 Å². The van der Waals surface area contributed by atoms with Gasteiger partial charge in [0.25, 0.3) is 0 Å². The second-order valence-corrected chi connectivity index (χ2v) is 8.13. The number of fused-ring (bicyclic) bond motifs is 1. The van der Waals surface area contributed by atoms with Gasteiger partial charge in [-0.1, -0.05) is 12.1 Å². The van der Waals surface area contributed by atoms with Gasteiger partial charge in [-0.2, -0.15) is 10.1 Å². The lowest BCUT2D eigenvalue weighted by atomic mass is 10.1. The first-order chi connectivity index (χ1) is 16.1. The Balaban J connectivity index is 1.45. The molecule has 0 aliphatic carbocycles. The van der Waals surface area contributed by atoms with Crippen molar-refractivity contribution in [2.24, 2.45) is 0 Å². The van der Waals surface area contributed by atoms with Crippen molar-refractivity contribution in [2.75, 3.05) is 29.5 Å². The van der Waals surface area contributed by atoms with E-state index in [0.717, 1.165) is 41.5 Å². The molecule has 6 rings (SSSR count). The molecule has 10 nitrogen and oxygen atoms in total. The largest absolute Gasteiger partial charge is 0.454 e. The Hall–Kier alpha value is -4.34. The molecule has 1 saturated heterocycles. The Morgan fingerprint density at radius 3 is 2.97 bits per heavy atom. The molecule has 0 spiro atoms. The minimum atomic E-state index is -0.273. The molecule has 1 atom stereocenters. The van der Waals surface area contributed by atoms with Gasteiger partial charge in [0.15, 0.2) is 11.6 Å². The summed E-state index contributed by atoms with van der Waals surface area (Å²) in [4.78, 5) is 23.2. The van der Waals surface area contributed by atoms with E-state index in [1.54, 1.807) is 7.05 Å². The Morgan fingerprint density at radius 2 is 2.09 bits per heavy atom. The van der Waals surface area contributed by atoms with E-state index in [9.17, 15) is 4.79 Å². The van der Waals surface area contributed by atoms with E-state index < -0.39 is 0 Å². The Kier molecular flexibility index (Phi) is 4.32. The molecule has 33 heavy (non-hydrogen) atoms. The second-order valence-electron chi connectivity index (χ2n) is 8.13. The summed E-state index contributed by atoms with van der Waals surface area (Å²) in [5, 5.41) is 14.4. The molecule has 166 valence electrons. The monoisotopic (exact) mass is 442 g/mol. The zero-order chi connectivity index (χ0) is 22.5. The molecule has 0 radical (unpaired) electrons. The summed E-state index contributed by atoms with van der Waals surface area (Å²) in [5.74, 6) is 2.82. The fourth-order valence-electron chi connectivity index (χ4n) is 4.57. The summed E-state index contributed by atoms with van der Waals surface area (Å²) in [7, 11) is 1.65. The highest BCUT2D eigenvalue weighted by atomic mass is 16.5. The number of ether oxygens (including phenoxy) is 1. The molecule has 0 saturated carbocycles. The fourth-order valence-corrected chi connectivity index (χ4v) is 4.57. The molecule has 10 heteroatoms. The SMILES string of the molecule is CNC(=O)[C@@H]1CCCN1c1cc(-c2cc3c4c(n[nH]c4c2)Nc2ccccc2O3)nc(N)n1. The zero-order valence-electron chi connectivity index (χ0n) is 17.9. The van der Waals surface area contributed by atoms with Crippen molar-refractivity contribution in [2.45, 2.75) is 18.9 Å². The van der Waals surface area contributed by atoms with E-state index in [4.69, 9.17) is 10.5 Å².